The van der Waals surface area contributed by atoms with Crippen LogP contribution in [-0.4, -0.2) is 22.3 Å². The summed E-state index contributed by atoms with van der Waals surface area (Å²) in [6.45, 7) is 3.02. The molecule has 0 radical (unpaired) electrons. The minimum absolute atomic E-state index is 0.501. The van der Waals surface area contributed by atoms with Crippen molar-refractivity contribution < 1.29 is 0 Å². The smallest absolute Gasteiger partial charge is 0.144 e. The van der Waals surface area contributed by atoms with E-state index >= 15 is 0 Å². The van der Waals surface area contributed by atoms with Crippen molar-refractivity contribution in [3.05, 3.63) is 16.0 Å². The van der Waals surface area contributed by atoms with E-state index in [0.29, 0.717) is 11.2 Å². The van der Waals surface area contributed by atoms with Gasteiger partial charge in [-0.1, -0.05) is 12.8 Å². The molecule has 2 aliphatic rings. The van der Waals surface area contributed by atoms with Crippen molar-refractivity contribution in [2.75, 3.05) is 17.6 Å². The zero-order valence-corrected chi connectivity index (χ0v) is 14.4. The highest BCUT2D eigenvalue weighted by molar-refractivity contribution is 9.10. The maximum atomic E-state index is 4.96. The van der Waals surface area contributed by atoms with Gasteiger partial charge in [-0.25, -0.2) is 9.97 Å². The lowest BCUT2D eigenvalue weighted by atomic mass is 10.0. The molecule has 5 heteroatoms. The van der Waals surface area contributed by atoms with Crippen molar-refractivity contribution in [3.8, 4) is 0 Å². The highest BCUT2D eigenvalue weighted by Crippen LogP contribution is 2.43. The Bertz CT molecular complexity index is 468. The van der Waals surface area contributed by atoms with Crippen LogP contribution in [0, 0.1) is 0 Å². The molecule has 0 aromatic carbocycles. The number of halogens is 1. The minimum atomic E-state index is 0.501. The number of hydrogen-bond donors (Lipinski definition) is 1. The molecule has 1 N–H and O–H groups in total. The van der Waals surface area contributed by atoms with Gasteiger partial charge in [0.15, 0.2) is 0 Å². The van der Waals surface area contributed by atoms with Crippen LogP contribution in [0.25, 0.3) is 0 Å². The van der Waals surface area contributed by atoms with Crippen LogP contribution in [0.3, 0.4) is 0 Å². The van der Waals surface area contributed by atoms with E-state index in [2.05, 4.69) is 28.2 Å². The van der Waals surface area contributed by atoms with Crippen molar-refractivity contribution >= 4 is 33.5 Å². The Balaban J connectivity index is 1.97. The third kappa shape index (κ3) is 2.98. The highest BCUT2D eigenvalue weighted by atomic mass is 79.9. The fourth-order valence-corrected chi connectivity index (χ4v) is 5.01. The number of thioether (sulfide) groups is 1. The van der Waals surface area contributed by atoms with Gasteiger partial charge in [0.25, 0.3) is 0 Å². The van der Waals surface area contributed by atoms with Crippen molar-refractivity contribution in [1.82, 2.24) is 9.97 Å². The number of anilines is 1. The van der Waals surface area contributed by atoms with Crippen molar-refractivity contribution in [3.63, 3.8) is 0 Å². The van der Waals surface area contributed by atoms with Crippen molar-refractivity contribution in [2.45, 2.75) is 56.6 Å². The van der Waals surface area contributed by atoms with E-state index in [9.17, 15) is 0 Å². The Labute approximate surface area is 133 Å². The molecule has 3 rings (SSSR count). The Morgan fingerprint density at radius 2 is 2.00 bits per heavy atom. The molecule has 2 fully saturated rings. The number of nitrogens with one attached hydrogen (secondary N) is 1. The lowest BCUT2D eigenvalue weighted by molar-refractivity contribution is 0.671. The van der Waals surface area contributed by atoms with Gasteiger partial charge in [0.2, 0.25) is 0 Å². The molecule has 1 atom stereocenters. The summed E-state index contributed by atoms with van der Waals surface area (Å²) in [5.41, 5.74) is 1.25. The zero-order valence-electron chi connectivity index (χ0n) is 12.0. The third-order valence-corrected chi connectivity index (χ3v) is 6.35. The first-order valence-corrected chi connectivity index (χ1v) is 9.56. The maximum Gasteiger partial charge on any atom is 0.144 e. The van der Waals surface area contributed by atoms with Crippen LogP contribution in [0.5, 0.6) is 0 Å². The average Bonchev–Trinajstić information content (AvgIpc) is 3.14. The second kappa shape index (κ2) is 6.65. The summed E-state index contributed by atoms with van der Waals surface area (Å²) in [5, 5.41) is 3.90. The van der Waals surface area contributed by atoms with Crippen LogP contribution in [0.4, 0.5) is 5.82 Å². The Hall–Kier alpha value is -0.290. The van der Waals surface area contributed by atoms with Gasteiger partial charge in [-0.05, 0) is 54.3 Å². The summed E-state index contributed by atoms with van der Waals surface area (Å²) in [5.74, 6) is 3.91. The lowest BCUT2D eigenvalue weighted by Gasteiger charge is -2.18. The molecule has 0 spiro atoms. The Morgan fingerprint density at radius 3 is 2.65 bits per heavy atom. The van der Waals surface area contributed by atoms with Crippen LogP contribution in [-0.2, 0) is 0 Å². The topological polar surface area (TPSA) is 37.8 Å². The lowest BCUT2D eigenvalue weighted by Crippen LogP contribution is -2.11. The van der Waals surface area contributed by atoms with E-state index < -0.39 is 0 Å². The molecule has 1 saturated heterocycles. The molecule has 20 heavy (non-hydrogen) atoms. The van der Waals surface area contributed by atoms with Gasteiger partial charge in [-0.2, -0.15) is 11.8 Å². The van der Waals surface area contributed by atoms with Gasteiger partial charge in [0.05, 0.1) is 15.4 Å². The van der Waals surface area contributed by atoms with E-state index in [4.69, 9.17) is 9.97 Å². The first-order chi connectivity index (χ1) is 9.79. The quantitative estimate of drug-likeness (QED) is 0.833. The second-order valence-electron chi connectivity index (χ2n) is 5.64. The van der Waals surface area contributed by atoms with Gasteiger partial charge in [-0.15, -0.1) is 0 Å². The van der Waals surface area contributed by atoms with Crippen molar-refractivity contribution in [2.24, 2.45) is 0 Å². The molecule has 1 saturated carbocycles. The summed E-state index contributed by atoms with van der Waals surface area (Å²) < 4.78 is 1.10. The maximum absolute atomic E-state index is 4.96. The molecule has 0 bridgehead atoms. The minimum Gasteiger partial charge on any atom is -0.369 e. The summed E-state index contributed by atoms with van der Waals surface area (Å²) in [7, 11) is 0. The number of hydrogen-bond acceptors (Lipinski definition) is 4. The van der Waals surface area contributed by atoms with Crippen LogP contribution in [0.1, 0.15) is 68.1 Å². The van der Waals surface area contributed by atoms with Gasteiger partial charge < -0.3 is 5.32 Å². The molecular formula is C15H22BrN3S. The predicted molar refractivity (Wildman–Crippen MR) is 89.5 cm³/mol. The standard InChI is InChI=1S/C15H22BrN3S/c1-2-17-15-12(16)13(10-6-3-4-7-10)18-14(19-15)11-8-5-9-20-11/h10-11H,2-9H2,1H3,(H,17,18,19). The Morgan fingerprint density at radius 1 is 1.20 bits per heavy atom. The average molecular weight is 356 g/mol. The molecule has 2 heterocycles. The summed E-state index contributed by atoms with van der Waals surface area (Å²) in [6, 6.07) is 0. The van der Waals surface area contributed by atoms with Gasteiger partial charge in [0, 0.05) is 12.5 Å². The number of nitrogens with zero attached hydrogens (tertiary/aromatic N) is 2. The summed E-state index contributed by atoms with van der Waals surface area (Å²) >= 11 is 5.75. The Kier molecular flexibility index (Phi) is 4.87. The largest absolute Gasteiger partial charge is 0.369 e. The molecule has 110 valence electrons. The second-order valence-corrected chi connectivity index (χ2v) is 7.75. The number of rotatable bonds is 4. The van der Waals surface area contributed by atoms with E-state index in [-0.39, 0.29) is 0 Å². The molecule has 1 aromatic rings. The molecule has 1 aliphatic heterocycles. The molecule has 1 aliphatic carbocycles. The summed E-state index contributed by atoms with van der Waals surface area (Å²) in [6.07, 6.45) is 7.75. The van der Waals surface area contributed by atoms with E-state index in [0.717, 1.165) is 22.7 Å². The van der Waals surface area contributed by atoms with Gasteiger partial charge in [0.1, 0.15) is 11.6 Å². The first kappa shape index (κ1) is 14.6. The van der Waals surface area contributed by atoms with Crippen LogP contribution in [0.2, 0.25) is 0 Å². The fourth-order valence-electron chi connectivity index (χ4n) is 3.16. The fraction of sp³-hybridized carbons (Fsp3) is 0.733. The number of aromatic nitrogens is 2. The molecule has 1 unspecified atom stereocenters. The molecular weight excluding hydrogens is 334 g/mol. The zero-order chi connectivity index (χ0) is 13.9. The van der Waals surface area contributed by atoms with E-state index in [1.54, 1.807) is 0 Å². The third-order valence-electron chi connectivity index (χ3n) is 4.20. The summed E-state index contributed by atoms with van der Waals surface area (Å²) in [4.78, 5) is 9.75. The van der Waals surface area contributed by atoms with Crippen LogP contribution >= 0.6 is 27.7 Å². The molecule has 1 aromatic heterocycles. The normalized spacial score (nSPS) is 23.4. The monoisotopic (exact) mass is 355 g/mol. The van der Waals surface area contributed by atoms with Crippen molar-refractivity contribution in [1.29, 1.82) is 0 Å². The van der Waals surface area contributed by atoms with Gasteiger partial charge >= 0.3 is 0 Å². The van der Waals surface area contributed by atoms with Crippen LogP contribution < -0.4 is 5.32 Å². The van der Waals surface area contributed by atoms with E-state index in [1.807, 2.05) is 11.8 Å². The first-order valence-electron chi connectivity index (χ1n) is 7.72. The molecule has 0 amide bonds. The van der Waals surface area contributed by atoms with Crippen LogP contribution in [0.15, 0.2) is 4.47 Å². The predicted octanol–water partition coefficient (Wildman–Crippen LogP) is 4.90. The highest BCUT2D eigenvalue weighted by Gasteiger charge is 2.27. The molecule has 3 nitrogen and oxygen atoms in total. The SMILES string of the molecule is CCNc1nc(C2CCCS2)nc(C2CCCC2)c1Br. The van der Waals surface area contributed by atoms with E-state index in [1.165, 1.54) is 50.0 Å². The van der Waals surface area contributed by atoms with Gasteiger partial charge in [-0.3, -0.25) is 0 Å².